The van der Waals surface area contributed by atoms with E-state index in [-0.39, 0.29) is 12.0 Å². The normalized spacial score (nSPS) is 18.3. The Morgan fingerprint density at radius 2 is 1.89 bits per heavy atom. The number of aliphatic hydroxyl groups is 1. The van der Waals surface area contributed by atoms with Gasteiger partial charge >= 0.3 is 0 Å². The third-order valence-corrected chi connectivity index (χ3v) is 3.96. The molecule has 0 unspecified atom stereocenters. The van der Waals surface area contributed by atoms with Gasteiger partial charge in [-0.1, -0.05) is 33.6 Å². The third kappa shape index (κ3) is 3.71. The van der Waals surface area contributed by atoms with Gasteiger partial charge in [0.1, 0.15) is 0 Å². The number of amides is 1. The van der Waals surface area contributed by atoms with E-state index in [0.717, 1.165) is 32.2 Å². The van der Waals surface area contributed by atoms with Crippen molar-refractivity contribution in [2.45, 2.75) is 59.3 Å². The zero-order chi connectivity index (χ0) is 13.6. The van der Waals surface area contributed by atoms with Gasteiger partial charge in [0, 0.05) is 18.5 Å². The van der Waals surface area contributed by atoms with Crippen LogP contribution in [0, 0.1) is 11.3 Å². The summed E-state index contributed by atoms with van der Waals surface area (Å²) in [6.07, 6.45) is 6.39. The molecule has 0 spiro atoms. The smallest absolute Gasteiger partial charge is 0.228 e. The number of rotatable bonds is 7. The molecule has 1 saturated carbocycles. The Balaban J connectivity index is 2.79. The van der Waals surface area contributed by atoms with Crippen molar-refractivity contribution in [1.29, 1.82) is 0 Å². The molecule has 0 aliphatic heterocycles. The van der Waals surface area contributed by atoms with Crippen molar-refractivity contribution in [2.75, 3.05) is 19.7 Å². The highest BCUT2D eigenvalue weighted by molar-refractivity contribution is 5.83. The van der Waals surface area contributed by atoms with Crippen molar-refractivity contribution in [3.63, 3.8) is 0 Å². The molecule has 0 aromatic rings. The molecule has 0 aromatic carbocycles. The van der Waals surface area contributed by atoms with Crippen LogP contribution in [0.4, 0.5) is 0 Å². The highest BCUT2D eigenvalue weighted by atomic mass is 16.3. The molecule has 0 heterocycles. The zero-order valence-electron chi connectivity index (χ0n) is 12.2. The summed E-state index contributed by atoms with van der Waals surface area (Å²) in [5.74, 6) is 0.856. The molecule has 1 amide bonds. The monoisotopic (exact) mass is 255 g/mol. The van der Waals surface area contributed by atoms with Crippen LogP contribution in [-0.4, -0.2) is 35.6 Å². The molecule has 3 heteroatoms. The van der Waals surface area contributed by atoms with Crippen LogP contribution in [0.1, 0.15) is 59.3 Å². The van der Waals surface area contributed by atoms with Gasteiger partial charge in [-0.05, 0) is 31.6 Å². The Morgan fingerprint density at radius 3 is 2.33 bits per heavy atom. The fourth-order valence-electron chi connectivity index (χ4n) is 3.38. The standard InChI is InChI=1S/C15H29NO2/c1-4-9-16(10-11-17)14(18)15(12-13(2)3)7-5-6-8-15/h13,17H,4-12H2,1-3H3. The van der Waals surface area contributed by atoms with Crippen LogP contribution in [0.3, 0.4) is 0 Å². The Bertz CT molecular complexity index is 251. The second-order valence-corrected chi connectivity index (χ2v) is 6.10. The predicted molar refractivity (Wildman–Crippen MR) is 74.3 cm³/mol. The molecule has 1 aliphatic carbocycles. The van der Waals surface area contributed by atoms with E-state index < -0.39 is 0 Å². The van der Waals surface area contributed by atoms with Crippen LogP contribution in [0.25, 0.3) is 0 Å². The zero-order valence-corrected chi connectivity index (χ0v) is 12.2. The Kier molecular flexibility index (Phi) is 6.13. The van der Waals surface area contributed by atoms with E-state index in [1.54, 1.807) is 0 Å². The lowest BCUT2D eigenvalue weighted by molar-refractivity contribution is -0.143. The lowest BCUT2D eigenvalue weighted by Crippen LogP contribution is -2.45. The first-order valence-electron chi connectivity index (χ1n) is 7.46. The van der Waals surface area contributed by atoms with E-state index >= 15 is 0 Å². The van der Waals surface area contributed by atoms with Crippen LogP contribution in [0.5, 0.6) is 0 Å². The second kappa shape index (κ2) is 7.13. The molecule has 0 radical (unpaired) electrons. The Labute approximate surface area is 112 Å². The van der Waals surface area contributed by atoms with Crippen LogP contribution in [0.15, 0.2) is 0 Å². The van der Waals surface area contributed by atoms with Gasteiger partial charge < -0.3 is 10.0 Å². The third-order valence-electron chi connectivity index (χ3n) is 3.96. The minimum absolute atomic E-state index is 0.0729. The highest BCUT2D eigenvalue weighted by Crippen LogP contribution is 2.44. The van der Waals surface area contributed by atoms with E-state index in [1.807, 2.05) is 4.90 Å². The molecule has 1 fully saturated rings. The number of aliphatic hydroxyl groups excluding tert-OH is 1. The van der Waals surface area contributed by atoms with Crippen LogP contribution in [-0.2, 0) is 4.79 Å². The van der Waals surface area contributed by atoms with E-state index in [1.165, 1.54) is 12.8 Å². The maximum atomic E-state index is 12.8. The highest BCUT2D eigenvalue weighted by Gasteiger charge is 2.43. The summed E-state index contributed by atoms with van der Waals surface area (Å²) in [5.41, 5.74) is -0.126. The number of carbonyl (C=O) groups is 1. The van der Waals surface area contributed by atoms with Crippen LogP contribution in [0.2, 0.25) is 0 Å². The molecular formula is C15H29NO2. The van der Waals surface area contributed by atoms with Crippen molar-refractivity contribution >= 4 is 5.91 Å². The lowest BCUT2D eigenvalue weighted by atomic mass is 9.77. The molecular weight excluding hydrogens is 226 g/mol. The van der Waals surface area contributed by atoms with Gasteiger partial charge in [-0.3, -0.25) is 4.79 Å². The quantitative estimate of drug-likeness (QED) is 0.760. The maximum Gasteiger partial charge on any atom is 0.228 e. The number of nitrogens with zero attached hydrogens (tertiary/aromatic N) is 1. The second-order valence-electron chi connectivity index (χ2n) is 6.10. The van der Waals surface area contributed by atoms with Crippen molar-refractivity contribution < 1.29 is 9.90 Å². The summed E-state index contributed by atoms with van der Waals surface area (Å²) >= 11 is 0. The van der Waals surface area contributed by atoms with Gasteiger partial charge in [0.2, 0.25) is 5.91 Å². The van der Waals surface area contributed by atoms with Gasteiger partial charge in [0.05, 0.1) is 6.61 Å². The first-order chi connectivity index (χ1) is 8.55. The lowest BCUT2D eigenvalue weighted by Gasteiger charge is -2.35. The van der Waals surface area contributed by atoms with Crippen molar-refractivity contribution in [3.05, 3.63) is 0 Å². The maximum absolute atomic E-state index is 12.8. The molecule has 1 N–H and O–H groups in total. The van der Waals surface area contributed by atoms with Crippen molar-refractivity contribution in [1.82, 2.24) is 4.90 Å². The van der Waals surface area contributed by atoms with E-state index in [9.17, 15) is 4.79 Å². The van der Waals surface area contributed by atoms with Crippen molar-refractivity contribution in [3.8, 4) is 0 Å². The SMILES string of the molecule is CCCN(CCO)C(=O)C1(CC(C)C)CCCC1. The van der Waals surface area contributed by atoms with Gasteiger partial charge in [0.25, 0.3) is 0 Å². The van der Waals surface area contributed by atoms with Crippen LogP contribution < -0.4 is 0 Å². The molecule has 0 saturated heterocycles. The fourth-order valence-corrected chi connectivity index (χ4v) is 3.38. The van der Waals surface area contributed by atoms with Gasteiger partial charge in [0.15, 0.2) is 0 Å². The van der Waals surface area contributed by atoms with Crippen molar-refractivity contribution in [2.24, 2.45) is 11.3 Å². The summed E-state index contributed by atoms with van der Waals surface area (Å²) < 4.78 is 0. The fraction of sp³-hybridized carbons (Fsp3) is 0.933. The number of hydrogen-bond acceptors (Lipinski definition) is 2. The summed E-state index contributed by atoms with van der Waals surface area (Å²) in [6, 6.07) is 0. The molecule has 3 nitrogen and oxygen atoms in total. The van der Waals surface area contributed by atoms with E-state index in [0.29, 0.717) is 18.4 Å². The summed E-state index contributed by atoms with van der Waals surface area (Å²) in [5, 5.41) is 9.13. The average Bonchev–Trinajstić information content (AvgIpc) is 2.76. The van der Waals surface area contributed by atoms with Gasteiger partial charge in [-0.25, -0.2) is 0 Å². The molecule has 1 rings (SSSR count). The minimum Gasteiger partial charge on any atom is -0.395 e. The largest absolute Gasteiger partial charge is 0.395 e. The number of hydrogen-bond donors (Lipinski definition) is 1. The van der Waals surface area contributed by atoms with Gasteiger partial charge in [-0.15, -0.1) is 0 Å². The summed E-state index contributed by atoms with van der Waals surface area (Å²) in [6.45, 7) is 7.82. The molecule has 0 aromatic heterocycles. The topological polar surface area (TPSA) is 40.5 Å². The molecule has 0 atom stereocenters. The first-order valence-corrected chi connectivity index (χ1v) is 7.46. The Morgan fingerprint density at radius 1 is 1.28 bits per heavy atom. The predicted octanol–water partition coefficient (Wildman–Crippen LogP) is 2.82. The summed E-state index contributed by atoms with van der Waals surface area (Å²) in [7, 11) is 0. The molecule has 18 heavy (non-hydrogen) atoms. The first kappa shape index (κ1) is 15.5. The molecule has 1 aliphatic rings. The van der Waals surface area contributed by atoms with Gasteiger partial charge in [-0.2, -0.15) is 0 Å². The molecule has 0 bridgehead atoms. The van der Waals surface area contributed by atoms with Crippen LogP contribution >= 0.6 is 0 Å². The average molecular weight is 255 g/mol. The van der Waals surface area contributed by atoms with E-state index in [4.69, 9.17) is 5.11 Å². The number of carbonyl (C=O) groups excluding carboxylic acids is 1. The Hall–Kier alpha value is -0.570. The minimum atomic E-state index is -0.126. The molecule has 106 valence electrons. The summed E-state index contributed by atoms with van der Waals surface area (Å²) in [4.78, 5) is 14.7. The van der Waals surface area contributed by atoms with E-state index in [2.05, 4.69) is 20.8 Å².